The van der Waals surface area contributed by atoms with Crippen molar-refractivity contribution in [3.8, 4) is 11.3 Å². The number of aromatic nitrogens is 4. The van der Waals surface area contributed by atoms with Gasteiger partial charge in [-0.2, -0.15) is 0 Å². The Hall–Kier alpha value is -1.36. The van der Waals surface area contributed by atoms with Crippen LogP contribution in [-0.4, -0.2) is 19.9 Å². The second kappa shape index (κ2) is 3.57. The van der Waals surface area contributed by atoms with Crippen molar-refractivity contribution in [3.63, 3.8) is 0 Å². The van der Waals surface area contributed by atoms with E-state index in [1.165, 1.54) is 6.33 Å². The lowest BCUT2D eigenvalue weighted by molar-refractivity contribution is 1.12. The Bertz CT molecular complexity index is 404. The summed E-state index contributed by atoms with van der Waals surface area (Å²) in [6.07, 6.45) is 8.10. The Morgan fingerprint density at radius 2 is 1.92 bits per heavy atom. The first kappa shape index (κ1) is 8.25. The largest absolute Gasteiger partial charge is 0.261 e. The van der Waals surface area contributed by atoms with E-state index in [1.807, 2.05) is 0 Å². The zero-order valence-corrected chi connectivity index (χ0v) is 8.14. The van der Waals surface area contributed by atoms with Gasteiger partial charge in [-0.1, -0.05) is 0 Å². The molecular formula is C8H5BrN4. The smallest absolute Gasteiger partial charge is 0.118 e. The molecule has 0 saturated carbocycles. The quantitative estimate of drug-likeness (QED) is 0.708. The Labute approximate surface area is 83.2 Å². The Kier molecular flexibility index (Phi) is 2.27. The first-order chi connectivity index (χ1) is 6.38. The molecule has 0 aliphatic rings. The fraction of sp³-hybridized carbons (Fsp3) is 0. The minimum atomic E-state index is 0.725. The van der Waals surface area contributed by atoms with Crippen LogP contribution in [0, 0.1) is 0 Å². The second-order valence-corrected chi connectivity index (χ2v) is 3.07. The second-order valence-electron chi connectivity index (χ2n) is 2.32. The molecule has 0 atom stereocenters. The van der Waals surface area contributed by atoms with E-state index in [9.17, 15) is 0 Å². The summed E-state index contributed by atoms with van der Waals surface area (Å²) in [5.74, 6) is 0. The predicted octanol–water partition coefficient (Wildman–Crippen LogP) is 1.70. The summed E-state index contributed by atoms with van der Waals surface area (Å²) in [6, 6.07) is 0. The number of halogens is 1. The van der Waals surface area contributed by atoms with Crippen LogP contribution < -0.4 is 0 Å². The van der Waals surface area contributed by atoms with Crippen molar-refractivity contribution in [2.24, 2.45) is 0 Å². The average Bonchev–Trinajstić information content (AvgIpc) is 2.20. The van der Waals surface area contributed by atoms with Crippen LogP contribution in [0.2, 0.25) is 0 Å². The van der Waals surface area contributed by atoms with E-state index in [2.05, 4.69) is 35.9 Å². The van der Waals surface area contributed by atoms with Gasteiger partial charge < -0.3 is 0 Å². The first-order valence-electron chi connectivity index (χ1n) is 3.60. The molecule has 0 aliphatic heterocycles. The molecule has 2 rings (SSSR count). The monoisotopic (exact) mass is 236 g/mol. The molecule has 0 aromatic carbocycles. The lowest BCUT2D eigenvalue weighted by Crippen LogP contribution is -1.88. The topological polar surface area (TPSA) is 51.6 Å². The van der Waals surface area contributed by atoms with E-state index in [1.54, 1.807) is 24.8 Å². The fourth-order valence-electron chi connectivity index (χ4n) is 0.925. The molecule has 0 spiro atoms. The van der Waals surface area contributed by atoms with Gasteiger partial charge in [-0.15, -0.1) is 0 Å². The summed E-state index contributed by atoms with van der Waals surface area (Å²) >= 11 is 3.31. The summed E-state index contributed by atoms with van der Waals surface area (Å²) in [5.41, 5.74) is 1.60. The Balaban J connectivity index is 2.54. The van der Waals surface area contributed by atoms with Gasteiger partial charge in [-0.25, -0.2) is 9.97 Å². The van der Waals surface area contributed by atoms with Crippen LogP contribution in [0.25, 0.3) is 11.3 Å². The van der Waals surface area contributed by atoms with Crippen molar-refractivity contribution in [2.75, 3.05) is 0 Å². The van der Waals surface area contributed by atoms with Gasteiger partial charge in [0.2, 0.25) is 0 Å². The summed E-state index contributed by atoms with van der Waals surface area (Å²) in [4.78, 5) is 16.0. The molecule has 0 radical (unpaired) electrons. The predicted molar refractivity (Wildman–Crippen MR) is 50.8 cm³/mol. The maximum absolute atomic E-state index is 4.14. The maximum Gasteiger partial charge on any atom is 0.118 e. The molecule has 0 N–H and O–H groups in total. The summed E-state index contributed by atoms with van der Waals surface area (Å²) in [6.45, 7) is 0. The molecule has 4 nitrogen and oxygen atoms in total. The highest BCUT2D eigenvalue weighted by Crippen LogP contribution is 2.21. The molecule has 0 aliphatic carbocycles. The standard InChI is InChI=1S/C8H5BrN4/c9-8-6(3-11-5-13-8)7-4-10-1-2-12-7/h1-5H. The fourth-order valence-corrected chi connectivity index (χ4v) is 1.32. The van der Waals surface area contributed by atoms with Gasteiger partial charge in [0.1, 0.15) is 10.9 Å². The molecule has 2 heterocycles. The molecule has 2 aromatic heterocycles. The molecule has 0 saturated heterocycles. The van der Waals surface area contributed by atoms with Crippen LogP contribution in [0.4, 0.5) is 0 Å². The van der Waals surface area contributed by atoms with E-state index >= 15 is 0 Å². The molecule has 0 fully saturated rings. The minimum Gasteiger partial charge on any atom is -0.261 e. The van der Waals surface area contributed by atoms with Gasteiger partial charge in [0.05, 0.1) is 17.5 Å². The average molecular weight is 237 g/mol. The summed E-state index contributed by atoms with van der Waals surface area (Å²) < 4.78 is 0.725. The highest BCUT2D eigenvalue weighted by Gasteiger charge is 2.03. The van der Waals surface area contributed by atoms with Gasteiger partial charge in [-0.3, -0.25) is 9.97 Å². The molecule has 0 unspecified atom stereocenters. The minimum absolute atomic E-state index is 0.725. The van der Waals surface area contributed by atoms with Gasteiger partial charge in [0, 0.05) is 18.6 Å². The van der Waals surface area contributed by atoms with Gasteiger partial charge in [0.25, 0.3) is 0 Å². The molecular weight excluding hydrogens is 232 g/mol. The molecule has 0 bridgehead atoms. The lowest BCUT2D eigenvalue weighted by atomic mass is 10.2. The number of rotatable bonds is 1. The van der Waals surface area contributed by atoms with E-state index < -0.39 is 0 Å². The van der Waals surface area contributed by atoms with Gasteiger partial charge in [-0.05, 0) is 15.9 Å². The zero-order chi connectivity index (χ0) is 9.10. The third kappa shape index (κ3) is 1.70. The summed E-state index contributed by atoms with van der Waals surface area (Å²) in [5, 5.41) is 0. The number of nitrogens with zero attached hydrogens (tertiary/aromatic N) is 4. The van der Waals surface area contributed by atoms with E-state index in [0.29, 0.717) is 0 Å². The highest BCUT2D eigenvalue weighted by molar-refractivity contribution is 9.10. The van der Waals surface area contributed by atoms with Crippen molar-refractivity contribution >= 4 is 15.9 Å². The molecule has 2 aromatic rings. The number of hydrogen-bond acceptors (Lipinski definition) is 4. The van der Waals surface area contributed by atoms with Gasteiger partial charge in [0.15, 0.2) is 0 Å². The third-order valence-corrected chi connectivity index (χ3v) is 2.13. The normalized spacial score (nSPS) is 9.92. The highest BCUT2D eigenvalue weighted by atomic mass is 79.9. The zero-order valence-electron chi connectivity index (χ0n) is 6.55. The third-order valence-electron chi connectivity index (χ3n) is 1.50. The van der Waals surface area contributed by atoms with Crippen LogP contribution in [0.5, 0.6) is 0 Å². The molecule has 64 valence electrons. The van der Waals surface area contributed by atoms with Crippen LogP contribution in [0.15, 0.2) is 35.7 Å². The van der Waals surface area contributed by atoms with Crippen molar-refractivity contribution < 1.29 is 0 Å². The van der Waals surface area contributed by atoms with Crippen LogP contribution >= 0.6 is 15.9 Å². The Morgan fingerprint density at radius 3 is 2.62 bits per heavy atom. The van der Waals surface area contributed by atoms with Crippen molar-refractivity contribution in [2.45, 2.75) is 0 Å². The summed E-state index contributed by atoms with van der Waals surface area (Å²) in [7, 11) is 0. The Morgan fingerprint density at radius 1 is 1.00 bits per heavy atom. The van der Waals surface area contributed by atoms with E-state index in [0.717, 1.165) is 15.9 Å². The molecule has 13 heavy (non-hydrogen) atoms. The van der Waals surface area contributed by atoms with Crippen LogP contribution in [-0.2, 0) is 0 Å². The van der Waals surface area contributed by atoms with Crippen LogP contribution in [0.3, 0.4) is 0 Å². The SMILES string of the molecule is Brc1ncncc1-c1cnccn1. The lowest BCUT2D eigenvalue weighted by Gasteiger charge is -1.99. The van der Waals surface area contributed by atoms with E-state index in [4.69, 9.17) is 0 Å². The van der Waals surface area contributed by atoms with Crippen molar-refractivity contribution in [3.05, 3.63) is 35.7 Å². The molecule has 5 heteroatoms. The van der Waals surface area contributed by atoms with Crippen molar-refractivity contribution in [1.29, 1.82) is 0 Å². The maximum atomic E-state index is 4.14. The molecule has 0 amide bonds. The number of hydrogen-bond donors (Lipinski definition) is 0. The van der Waals surface area contributed by atoms with Crippen molar-refractivity contribution in [1.82, 2.24) is 19.9 Å². The first-order valence-corrected chi connectivity index (χ1v) is 4.39. The van der Waals surface area contributed by atoms with Gasteiger partial charge >= 0.3 is 0 Å². The van der Waals surface area contributed by atoms with E-state index in [-0.39, 0.29) is 0 Å². The van der Waals surface area contributed by atoms with Crippen LogP contribution in [0.1, 0.15) is 0 Å².